The number of hydrogen-bond acceptors (Lipinski definition) is 5. The average Bonchev–Trinajstić information content (AvgIpc) is 3.13. The molecule has 1 fully saturated rings. The second-order valence-corrected chi connectivity index (χ2v) is 9.70. The Morgan fingerprint density at radius 2 is 1.96 bits per heavy atom. The second kappa shape index (κ2) is 6.84. The fraction of sp³-hybridized carbons (Fsp3) is 0.714. The lowest BCUT2D eigenvalue weighted by molar-refractivity contribution is -0.169. The molecule has 2 rings (SSSR count). The predicted molar refractivity (Wildman–Crippen MR) is 88.0 cm³/mol. The number of thiazole rings is 1. The van der Waals surface area contributed by atoms with E-state index in [0.29, 0.717) is 4.88 Å². The third kappa shape index (κ3) is 3.82. The third-order valence-corrected chi connectivity index (χ3v) is 7.58. The molecule has 0 aromatic carbocycles. The summed E-state index contributed by atoms with van der Waals surface area (Å²) in [5, 5.41) is -1.72. The van der Waals surface area contributed by atoms with Crippen molar-refractivity contribution in [1.82, 2.24) is 14.2 Å². The van der Waals surface area contributed by atoms with Gasteiger partial charge in [-0.15, -0.1) is 11.3 Å². The molecule has 0 unspecified atom stereocenters. The number of alkyl halides is 3. The number of carbonyl (C=O) groups excluding carboxylic acids is 1. The summed E-state index contributed by atoms with van der Waals surface area (Å²) in [6.07, 6.45) is -4.72. The van der Waals surface area contributed by atoms with Crippen LogP contribution >= 0.6 is 11.3 Å². The van der Waals surface area contributed by atoms with Crippen LogP contribution in [0.15, 0.2) is 5.51 Å². The number of halogens is 3. The Morgan fingerprint density at radius 3 is 2.44 bits per heavy atom. The molecule has 1 aromatic heterocycles. The molecule has 11 heteroatoms. The van der Waals surface area contributed by atoms with Crippen LogP contribution in [0.4, 0.5) is 13.2 Å². The van der Waals surface area contributed by atoms with E-state index in [0.717, 1.165) is 9.21 Å². The van der Waals surface area contributed by atoms with E-state index < -0.39 is 46.4 Å². The highest BCUT2D eigenvalue weighted by atomic mass is 32.2. The summed E-state index contributed by atoms with van der Waals surface area (Å²) in [7, 11) is -1.80. The van der Waals surface area contributed by atoms with Gasteiger partial charge in [0, 0.05) is 32.1 Å². The van der Waals surface area contributed by atoms with Crippen molar-refractivity contribution in [3.8, 4) is 0 Å². The van der Waals surface area contributed by atoms with Crippen molar-refractivity contribution in [2.75, 3.05) is 27.2 Å². The largest absolute Gasteiger partial charge is 0.394 e. The van der Waals surface area contributed by atoms with Crippen LogP contribution in [0.25, 0.3) is 0 Å². The summed E-state index contributed by atoms with van der Waals surface area (Å²) >= 11 is 1.26. The van der Waals surface area contributed by atoms with Crippen LogP contribution in [0.5, 0.6) is 0 Å². The summed E-state index contributed by atoms with van der Waals surface area (Å²) < 4.78 is 65.4. The smallest absolute Gasteiger partial charge is 0.335 e. The number of sulfonamides is 1. The lowest BCUT2D eigenvalue weighted by Crippen LogP contribution is -2.43. The van der Waals surface area contributed by atoms with Gasteiger partial charge in [-0.05, 0) is 5.92 Å². The molecule has 2 atom stereocenters. The Kier molecular flexibility index (Phi) is 5.50. The molecule has 1 aliphatic heterocycles. The number of likely N-dealkylation sites (tertiary alicyclic amines) is 1. The van der Waals surface area contributed by atoms with Gasteiger partial charge in [0.25, 0.3) is 5.91 Å². The minimum Gasteiger partial charge on any atom is -0.335 e. The summed E-state index contributed by atoms with van der Waals surface area (Å²) in [6.45, 7) is 2.52. The van der Waals surface area contributed by atoms with E-state index >= 15 is 0 Å². The van der Waals surface area contributed by atoms with Crippen LogP contribution in [-0.4, -0.2) is 67.1 Å². The average molecular weight is 399 g/mol. The molecule has 0 spiro atoms. The minimum atomic E-state index is -4.72. The fourth-order valence-corrected chi connectivity index (χ4v) is 5.16. The molecule has 25 heavy (non-hydrogen) atoms. The van der Waals surface area contributed by atoms with Gasteiger partial charge in [-0.1, -0.05) is 13.8 Å². The lowest BCUT2D eigenvalue weighted by atomic mass is 10.1. The van der Waals surface area contributed by atoms with E-state index in [9.17, 15) is 26.4 Å². The Morgan fingerprint density at radius 1 is 1.36 bits per heavy atom. The number of aromatic nitrogens is 1. The van der Waals surface area contributed by atoms with Crippen LogP contribution in [0.2, 0.25) is 0 Å². The number of nitrogens with zero attached hydrogens (tertiary/aromatic N) is 3. The van der Waals surface area contributed by atoms with Crippen LogP contribution < -0.4 is 0 Å². The zero-order valence-corrected chi connectivity index (χ0v) is 15.9. The number of hydrogen-bond donors (Lipinski definition) is 0. The SMILES string of the molecule is CC(C)c1scnc1C(=O)N1C[C@H](C(F)(F)F)[C@@H](S(=O)(=O)N(C)C)C1. The Labute approximate surface area is 148 Å². The van der Waals surface area contributed by atoms with Crippen molar-refractivity contribution in [3.63, 3.8) is 0 Å². The molecular weight excluding hydrogens is 379 g/mol. The molecule has 0 aliphatic carbocycles. The fourth-order valence-electron chi connectivity index (χ4n) is 2.80. The van der Waals surface area contributed by atoms with Gasteiger partial charge in [-0.2, -0.15) is 13.2 Å². The van der Waals surface area contributed by atoms with Gasteiger partial charge in [0.1, 0.15) is 10.9 Å². The van der Waals surface area contributed by atoms with Gasteiger partial charge in [-0.3, -0.25) is 4.79 Å². The summed E-state index contributed by atoms with van der Waals surface area (Å²) in [5.41, 5.74) is 1.57. The highest BCUT2D eigenvalue weighted by Gasteiger charge is 2.56. The first-order valence-corrected chi connectivity index (χ1v) is 9.96. The minimum absolute atomic E-state index is 0.00577. The summed E-state index contributed by atoms with van der Waals surface area (Å²) in [4.78, 5) is 18.2. The van der Waals surface area contributed by atoms with Crippen molar-refractivity contribution in [2.45, 2.75) is 31.2 Å². The Hall–Kier alpha value is -1.20. The topological polar surface area (TPSA) is 70.6 Å². The number of carbonyl (C=O) groups is 1. The quantitative estimate of drug-likeness (QED) is 0.778. The van der Waals surface area contributed by atoms with Crippen molar-refractivity contribution in [2.24, 2.45) is 5.92 Å². The molecule has 0 saturated carbocycles. The first-order chi connectivity index (χ1) is 11.4. The molecule has 142 valence electrons. The zero-order valence-electron chi connectivity index (χ0n) is 14.2. The first kappa shape index (κ1) is 20.1. The Balaban J connectivity index is 2.36. The van der Waals surface area contributed by atoms with Crippen molar-refractivity contribution in [1.29, 1.82) is 0 Å². The zero-order chi connectivity index (χ0) is 19.2. The van der Waals surface area contributed by atoms with Gasteiger partial charge in [-0.25, -0.2) is 17.7 Å². The van der Waals surface area contributed by atoms with E-state index in [-0.39, 0.29) is 11.6 Å². The summed E-state index contributed by atoms with van der Waals surface area (Å²) in [6, 6.07) is 0. The van der Waals surface area contributed by atoms with Crippen molar-refractivity contribution < 1.29 is 26.4 Å². The van der Waals surface area contributed by atoms with Gasteiger partial charge in [0.05, 0.1) is 11.4 Å². The van der Waals surface area contributed by atoms with Crippen LogP contribution in [-0.2, 0) is 10.0 Å². The predicted octanol–water partition coefficient (Wildman–Crippen LogP) is 2.16. The lowest BCUT2D eigenvalue weighted by Gasteiger charge is -2.23. The maximum atomic E-state index is 13.4. The number of rotatable bonds is 4. The third-order valence-electron chi connectivity index (χ3n) is 4.19. The normalized spacial score (nSPS) is 22.2. The number of amides is 1. The van der Waals surface area contributed by atoms with E-state index in [1.54, 1.807) is 0 Å². The van der Waals surface area contributed by atoms with Gasteiger partial charge >= 0.3 is 6.18 Å². The molecule has 2 heterocycles. The molecule has 6 nitrogen and oxygen atoms in total. The highest BCUT2D eigenvalue weighted by Crippen LogP contribution is 2.38. The van der Waals surface area contributed by atoms with Crippen LogP contribution in [0.1, 0.15) is 35.1 Å². The van der Waals surface area contributed by atoms with Crippen molar-refractivity contribution in [3.05, 3.63) is 16.1 Å². The standard InChI is InChI=1S/C14H20F3N3O3S2/c1-8(2)12-11(18-7-24-12)13(21)20-5-9(14(15,16)17)10(6-20)25(22,23)19(3)4/h7-10H,5-6H2,1-4H3/t9-,10-/m0/s1. The molecule has 1 amide bonds. The molecule has 1 saturated heterocycles. The van der Waals surface area contributed by atoms with E-state index in [4.69, 9.17) is 0 Å². The van der Waals surface area contributed by atoms with E-state index in [1.165, 1.54) is 30.9 Å². The molecule has 1 aliphatic rings. The molecule has 0 bridgehead atoms. The first-order valence-electron chi connectivity index (χ1n) is 7.58. The van der Waals surface area contributed by atoms with E-state index in [1.807, 2.05) is 13.8 Å². The highest BCUT2D eigenvalue weighted by molar-refractivity contribution is 7.89. The molecule has 1 aromatic rings. The van der Waals surface area contributed by atoms with Crippen LogP contribution in [0, 0.1) is 5.92 Å². The Bertz CT molecular complexity index is 744. The van der Waals surface area contributed by atoms with Gasteiger partial charge in [0.2, 0.25) is 10.0 Å². The summed E-state index contributed by atoms with van der Waals surface area (Å²) in [5.74, 6) is -2.78. The van der Waals surface area contributed by atoms with Crippen LogP contribution in [0.3, 0.4) is 0 Å². The van der Waals surface area contributed by atoms with E-state index in [2.05, 4.69) is 4.98 Å². The molecular formula is C14H20F3N3O3S2. The molecule has 0 radical (unpaired) electrons. The second-order valence-electron chi connectivity index (χ2n) is 6.44. The maximum Gasteiger partial charge on any atom is 0.394 e. The monoisotopic (exact) mass is 399 g/mol. The van der Waals surface area contributed by atoms with Crippen molar-refractivity contribution >= 4 is 27.3 Å². The maximum absolute atomic E-state index is 13.4. The molecule has 0 N–H and O–H groups in total. The van der Waals surface area contributed by atoms with Gasteiger partial charge < -0.3 is 4.90 Å². The van der Waals surface area contributed by atoms with Gasteiger partial charge in [0.15, 0.2) is 0 Å².